The molecule has 0 aliphatic carbocycles. The van der Waals surface area contributed by atoms with Crippen LogP contribution in [0, 0.1) is 0 Å². The first-order valence-electron chi connectivity index (χ1n) is 29.7. The van der Waals surface area contributed by atoms with Crippen LogP contribution in [0.1, 0.15) is 290 Å². The summed E-state index contributed by atoms with van der Waals surface area (Å²) in [6.45, 7) is 6.91. The molecule has 0 saturated carbocycles. The van der Waals surface area contributed by atoms with Gasteiger partial charge in [-0.2, -0.15) is 0 Å². The van der Waals surface area contributed by atoms with Crippen molar-refractivity contribution in [2.45, 2.75) is 297 Å². The van der Waals surface area contributed by atoms with E-state index in [9.17, 15) is 14.4 Å². The minimum Gasteiger partial charge on any atom is -0.462 e. The van der Waals surface area contributed by atoms with Gasteiger partial charge in [-0.3, -0.25) is 14.4 Å². The number of anilines is 1. The van der Waals surface area contributed by atoms with Crippen molar-refractivity contribution in [3.8, 4) is 0 Å². The molecule has 396 valence electrons. The summed E-state index contributed by atoms with van der Waals surface area (Å²) in [5.41, 5.74) is 0.771. The van der Waals surface area contributed by atoms with Crippen molar-refractivity contribution in [3.63, 3.8) is 0 Å². The number of carbonyl (C=O) groups excluding carboxylic acids is 3. The molecular formula is C63H109NO5. The third-order valence-electron chi connectivity index (χ3n) is 13.4. The second-order valence-electron chi connectivity index (χ2n) is 20.1. The molecule has 0 heterocycles. The van der Waals surface area contributed by atoms with Crippen LogP contribution < -0.4 is 4.90 Å². The van der Waals surface area contributed by atoms with Gasteiger partial charge in [0.15, 0.2) is 6.10 Å². The highest BCUT2D eigenvalue weighted by molar-refractivity contribution is 5.93. The van der Waals surface area contributed by atoms with E-state index in [1.165, 1.54) is 167 Å². The highest BCUT2D eigenvalue weighted by atomic mass is 16.6. The number of rotatable bonds is 51. The Kier molecular flexibility index (Phi) is 47.4. The highest BCUT2D eigenvalue weighted by Crippen LogP contribution is 2.20. The van der Waals surface area contributed by atoms with Crippen LogP contribution in [0.25, 0.3) is 0 Å². The van der Waals surface area contributed by atoms with Crippen LogP contribution in [-0.2, 0) is 23.9 Å². The molecule has 0 saturated heterocycles. The fraction of sp³-hybridized carbons (Fsp3) is 0.762. The summed E-state index contributed by atoms with van der Waals surface area (Å²) in [4.78, 5) is 41.9. The Balaban J connectivity index is 2.60. The van der Waals surface area contributed by atoms with Crippen molar-refractivity contribution in [1.82, 2.24) is 0 Å². The van der Waals surface area contributed by atoms with Crippen LogP contribution in [0.3, 0.4) is 0 Å². The predicted octanol–water partition coefficient (Wildman–Crippen LogP) is 19.6. The first-order chi connectivity index (χ1) is 34.0. The van der Waals surface area contributed by atoms with Gasteiger partial charge >= 0.3 is 11.9 Å². The second-order valence-corrected chi connectivity index (χ2v) is 20.1. The number of hydrogen-bond acceptors (Lipinski definition) is 5. The molecule has 1 aromatic rings. The Hall–Kier alpha value is -3.15. The SMILES string of the molecule is CCCCCCCC/C=C\CCCCCCCC(=O)OCC(CN(C(=O)CCCCCCC/C=C\CCCCCCCC)c1ccccc1)OC(=O)CCCCCCC/C=C\CCCCCCCC. The Morgan fingerprint density at radius 3 is 1.10 bits per heavy atom. The number of carbonyl (C=O) groups is 3. The van der Waals surface area contributed by atoms with Crippen molar-refractivity contribution in [1.29, 1.82) is 0 Å². The van der Waals surface area contributed by atoms with Crippen LogP contribution in [-0.4, -0.2) is 37.1 Å². The molecule has 1 unspecified atom stereocenters. The Labute approximate surface area is 427 Å². The van der Waals surface area contributed by atoms with Gasteiger partial charge < -0.3 is 14.4 Å². The number of benzene rings is 1. The van der Waals surface area contributed by atoms with Gasteiger partial charge in [-0.15, -0.1) is 0 Å². The van der Waals surface area contributed by atoms with Crippen LogP contribution in [0.2, 0.25) is 0 Å². The maximum Gasteiger partial charge on any atom is 0.306 e. The fourth-order valence-corrected chi connectivity index (χ4v) is 8.95. The maximum atomic E-state index is 13.9. The lowest BCUT2D eigenvalue weighted by atomic mass is 10.1. The molecule has 0 bridgehead atoms. The van der Waals surface area contributed by atoms with Gasteiger partial charge in [0.2, 0.25) is 5.91 Å². The van der Waals surface area contributed by atoms with E-state index in [1.54, 1.807) is 4.90 Å². The number of hydrogen-bond donors (Lipinski definition) is 0. The highest BCUT2D eigenvalue weighted by Gasteiger charge is 2.25. The van der Waals surface area contributed by atoms with E-state index in [1.807, 2.05) is 30.3 Å². The average Bonchev–Trinajstić information content (AvgIpc) is 3.36. The standard InChI is InChI=1S/C63H109NO5/c1-4-7-10-13-16-19-22-25-28-31-34-37-40-43-49-54-61(65)64(59-52-47-46-48-53-59)57-60(69-63(67)56-51-45-42-39-36-33-30-27-24-21-18-15-12-9-6-3)58-68-62(66)55-50-44-41-38-35-32-29-26-23-20-17-14-11-8-5-2/h25-30,46-48,52-53,60H,4-24,31-45,49-51,54-58H2,1-3H3/b28-25-,29-26-,30-27-. The molecule has 0 aliphatic rings. The van der Waals surface area contributed by atoms with E-state index >= 15 is 0 Å². The van der Waals surface area contributed by atoms with E-state index in [-0.39, 0.29) is 31.0 Å². The minimum atomic E-state index is -0.739. The number of ether oxygens (including phenoxy) is 2. The average molecular weight is 961 g/mol. The Bertz CT molecular complexity index is 1370. The van der Waals surface area contributed by atoms with Gasteiger partial charge in [-0.05, 0) is 108 Å². The molecule has 0 aromatic heterocycles. The normalized spacial score (nSPS) is 12.2. The summed E-state index contributed by atoms with van der Waals surface area (Å²) in [6.07, 6.45) is 61.4. The van der Waals surface area contributed by atoms with Crippen LogP contribution >= 0.6 is 0 Å². The number of allylic oxidation sites excluding steroid dienone is 6. The molecule has 6 nitrogen and oxygen atoms in total. The topological polar surface area (TPSA) is 72.9 Å². The molecule has 0 fully saturated rings. The number of amides is 1. The Morgan fingerprint density at radius 1 is 0.406 bits per heavy atom. The quantitative estimate of drug-likeness (QED) is 0.0369. The van der Waals surface area contributed by atoms with E-state index in [4.69, 9.17) is 9.47 Å². The Morgan fingerprint density at radius 2 is 0.725 bits per heavy atom. The number of esters is 2. The van der Waals surface area contributed by atoms with Crippen LogP contribution in [0.4, 0.5) is 5.69 Å². The summed E-state index contributed by atoms with van der Waals surface area (Å²) < 4.78 is 11.8. The molecule has 1 rings (SSSR count). The van der Waals surface area contributed by atoms with Gasteiger partial charge in [0, 0.05) is 24.9 Å². The zero-order chi connectivity index (χ0) is 49.8. The molecule has 0 radical (unpaired) electrons. The molecule has 0 spiro atoms. The summed E-state index contributed by atoms with van der Waals surface area (Å²) in [5, 5.41) is 0. The molecule has 1 amide bonds. The largest absolute Gasteiger partial charge is 0.462 e. The smallest absolute Gasteiger partial charge is 0.306 e. The van der Waals surface area contributed by atoms with Crippen LogP contribution in [0.5, 0.6) is 0 Å². The van der Waals surface area contributed by atoms with Crippen molar-refractivity contribution in [3.05, 3.63) is 66.8 Å². The van der Waals surface area contributed by atoms with Crippen molar-refractivity contribution >= 4 is 23.5 Å². The lowest BCUT2D eigenvalue weighted by Gasteiger charge is -2.28. The lowest BCUT2D eigenvalue weighted by Crippen LogP contribution is -2.41. The van der Waals surface area contributed by atoms with Gasteiger partial charge in [0.1, 0.15) is 6.61 Å². The zero-order valence-electron chi connectivity index (χ0n) is 45.5. The van der Waals surface area contributed by atoms with Gasteiger partial charge in [-0.1, -0.05) is 230 Å². The third-order valence-corrected chi connectivity index (χ3v) is 13.4. The minimum absolute atomic E-state index is 0.0109. The monoisotopic (exact) mass is 960 g/mol. The van der Waals surface area contributed by atoms with Crippen molar-refractivity contribution in [2.24, 2.45) is 0 Å². The summed E-state index contributed by atoms with van der Waals surface area (Å²) in [6, 6.07) is 9.67. The lowest BCUT2D eigenvalue weighted by molar-refractivity contribution is -0.158. The molecular weight excluding hydrogens is 851 g/mol. The van der Waals surface area contributed by atoms with E-state index in [0.717, 1.165) is 89.2 Å². The number of nitrogens with zero attached hydrogens (tertiary/aromatic N) is 1. The molecule has 0 N–H and O–H groups in total. The maximum absolute atomic E-state index is 13.9. The summed E-state index contributed by atoms with van der Waals surface area (Å²) in [5.74, 6) is -0.544. The molecule has 1 atom stereocenters. The van der Waals surface area contributed by atoms with Crippen LogP contribution in [0.15, 0.2) is 66.8 Å². The molecule has 0 aliphatic heterocycles. The number of para-hydroxylation sites is 1. The third kappa shape index (κ3) is 43.4. The first kappa shape index (κ1) is 63.9. The van der Waals surface area contributed by atoms with Gasteiger partial charge in [-0.25, -0.2) is 0 Å². The fourth-order valence-electron chi connectivity index (χ4n) is 8.95. The van der Waals surface area contributed by atoms with Gasteiger partial charge in [0.25, 0.3) is 0 Å². The zero-order valence-corrected chi connectivity index (χ0v) is 45.5. The molecule has 1 aromatic carbocycles. The van der Waals surface area contributed by atoms with Crippen molar-refractivity contribution < 1.29 is 23.9 Å². The van der Waals surface area contributed by atoms with E-state index in [2.05, 4.69) is 57.2 Å². The van der Waals surface area contributed by atoms with E-state index in [0.29, 0.717) is 19.3 Å². The second kappa shape index (κ2) is 51.2. The molecule has 69 heavy (non-hydrogen) atoms. The summed E-state index contributed by atoms with van der Waals surface area (Å²) in [7, 11) is 0. The number of unbranched alkanes of at least 4 members (excludes halogenated alkanes) is 33. The van der Waals surface area contributed by atoms with Crippen molar-refractivity contribution in [2.75, 3.05) is 18.1 Å². The first-order valence-corrected chi connectivity index (χ1v) is 29.7. The van der Waals surface area contributed by atoms with E-state index < -0.39 is 6.10 Å². The molecule has 6 heteroatoms. The summed E-state index contributed by atoms with van der Waals surface area (Å²) >= 11 is 0. The van der Waals surface area contributed by atoms with Gasteiger partial charge in [0.05, 0.1) is 6.54 Å². The predicted molar refractivity (Wildman–Crippen MR) is 298 cm³/mol.